The van der Waals surface area contributed by atoms with Crippen LogP contribution in [-0.2, 0) is 6.42 Å². The molecule has 1 fully saturated rings. The van der Waals surface area contributed by atoms with Gasteiger partial charge in [0.1, 0.15) is 0 Å². The lowest BCUT2D eigenvalue weighted by molar-refractivity contribution is -0.0931. The van der Waals surface area contributed by atoms with Gasteiger partial charge in [-0.25, -0.2) is 27.5 Å². The van der Waals surface area contributed by atoms with Crippen molar-refractivity contribution in [2.75, 3.05) is 6.54 Å². The van der Waals surface area contributed by atoms with Crippen LogP contribution in [0.2, 0.25) is 0 Å². The number of benzene rings is 1. The van der Waals surface area contributed by atoms with Crippen LogP contribution in [0.3, 0.4) is 0 Å². The Bertz CT molecular complexity index is 1380. The van der Waals surface area contributed by atoms with E-state index < -0.39 is 54.8 Å². The number of aliphatic hydroxyl groups is 1. The third-order valence-electron chi connectivity index (χ3n) is 6.75. The molecule has 4 heterocycles. The third kappa shape index (κ3) is 3.79. The zero-order valence-electron chi connectivity index (χ0n) is 18.3. The van der Waals surface area contributed by atoms with Crippen LogP contribution in [0.5, 0.6) is 0 Å². The van der Waals surface area contributed by atoms with Crippen molar-refractivity contribution in [3.05, 3.63) is 77.2 Å². The number of aliphatic hydroxyl groups excluding tert-OH is 1. The van der Waals surface area contributed by atoms with Crippen LogP contribution in [0, 0.1) is 0 Å². The first-order chi connectivity index (χ1) is 16.8. The number of aromatic nitrogens is 4. The number of alkyl halides is 4. The van der Waals surface area contributed by atoms with E-state index >= 15 is 0 Å². The van der Waals surface area contributed by atoms with E-state index in [1.54, 1.807) is 11.2 Å². The van der Waals surface area contributed by atoms with Gasteiger partial charge in [-0.3, -0.25) is 9.88 Å². The lowest BCUT2D eigenvalue weighted by Gasteiger charge is -2.37. The third-order valence-corrected chi connectivity index (χ3v) is 6.75. The zero-order chi connectivity index (χ0) is 24.3. The predicted octanol–water partition coefficient (Wildman–Crippen LogP) is 5.03. The van der Waals surface area contributed by atoms with Crippen molar-refractivity contribution in [3.8, 4) is 0 Å². The van der Waals surface area contributed by atoms with Gasteiger partial charge in [-0.2, -0.15) is 0 Å². The number of hydrogen-bond donors (Lipinski definition) is 2. The summed E-state index contributed by atoms with van der Waals surface area (Å²) in [7, 11) is 0. The molecule has 35 heavy (non-hydrogen) atoms. The molecule has 1 saturated carbocycles. The van der Waals surface area contributed by atoms with Crippen molar-refractivity contribution in [2.24, 2.45) is 0 Å². The summed E-state index contributed by atoms with van der Waals surface area (Å²) in [5.74, 6) is -4.26. The maximum absolute atomic E-state index is 13.9. The Balaban J connectivity index is 1.40. The molecule has 0 spiro atoms. The summed E-state index contributed by atoms with van der Waals surface area (Å²) in [5.41, 5.74) is 2.06. The predicted molar refractivity (Wildman–Crippen MR) is 116 cm³/mol. The van der Waals surface area contributed by atoms with E-state index in [1.165, 1.54) is 0 Å². The highest BCUT2D eigenvalue weighted by atomic mass is 19.3. The first-order valence-electron chi connectivity index (χ1n) is 11.3. The summed E-state index contributed by atoms with van der Waals surface area (Å²) in [6.07, 6.45) is -3.66. The number of halogens is 4. The molecular weight excluding hydrogens is 466 g/mol. The van der Waals surface area contributed by atoms with Gasteiger partial charge >= 0.3 is 0 Å². The highest BCUT2D eigenvalue weighted by Crippen LogP contribution is 2.49. The maximum atomic E-state index is 13.9. The average molecular weight is 487 g/mol. The minimum atomic E-state index is -3.04. The van der Waals surface area contributed by atoms with E-state index in [1.807, 2.05) is 36.4 Å². The molecular formula is C24H21F4N5O2. The van der Waals surface area contributed by atoms with Crippen LogP contribution in [0.15, 0.2) is 47.1 Å². The molecule has 2 atom stereocenters. The van der Waals surface area contributed by atoms with Crippen molar-refractivity contribution in [2.45, 2.75) is 49.8 Å². The topological polar surface area (TPSA) is 91.1 Å². The number of imidazole rings is 1. The second-order valence-electron chi connectivity index (χ2n) is 9.02. The van der Waals surface area contributed by atoms with Gasteiger partial charge in [-0.05, 0) is 12.1 Å². The molecule has 182 valence electrons. The van der Waals surface area contributed by atoms with Crippen LogP contribution in [-0.4, -0.2) is 42.4 Å². The highest BCUT2D eigenvalue weighted by molar-refractivity contribution is 5.78. The van der Waals surface area contributed by atoms with Gasteiger partial charge in [0.15, 0.2) is 23.6 Å². The summed E-state index contributed by atoms with van der Waals surface area (Å²) < 4.78 is 60.0. The Morgan fingerprint density at radius 2 is 1.91 bits per heavy atom. The van der Waals surface area contributed by atoms with Crippen molar-refractivity contribution < 1.29 is 27.1 Å². The SMILES string of the molecule is OC(c1oc(C2CC(F)(F)C2)nc1C(F)F)N1CCc2[nH]cnc2[C@@H]1c1ccc2ccccc2n1. The van der Waals surface area contributed by atoms with Gasteiger partial charge in [0.05, 0.1) is 29.3 Å². The molecule has 7 nitrogen and oxygen atoms in total. The normalized spacial score (nSPS) is 21.3. The highest BCUT2D eigenvalue weighted by Gasteiger charge is 2.49. The monoisotopic (exact) mass is 487 g/mol. The molecule has 6 rings (SSSR count). The van der Waals surface area contributed by atoms with Crippen LogP contribution >= 0.6 is 0 Å². The van der Waals surface area contributed by atoms with Gasteiger partial charge in [0, 0.05) is 42.8 Å². The Hall–Kier alpha value is -3.31. The Kier molecular flexibility index (Phi) is 5.15. The van der Waals surface area contributed by atoms with E-state index in [0.717, 1.165) is 16.6 Å². The zero-order valence-corrected chi connectivity index (χ0v) is 18.3. The number of hydrogen-bond acceptors (Lipinski definition) is 6. The number of H-pyrrole nitrogens is 1. The lowest BCUT2D eigenvalue weighted by atomic mass is 9.81. The Morgan fingerprint density at radius 1 is 1.11 bits per heavy atom. The molecule has 2 aliphatic rings. The fourth-order valence-electron chi connectivity index (χ4n) is 4.97. The molecule has 1 aliphatic heterocycles. The number of pyridine rings is 1. The second-order valence-corrected chi connectivity index (χ2v) is 9.02. The Morgan fingerprint density at radius 3 is 2.69 bits per heavy atom. The minimum Gasteiger partial charge on any atom is -0.441 e. The van der Waals surface area contributed by atoms with Crippen molar-refractivity contribution in [3.63, 3.8) is 0 Å². The molecule has 0 bridgehead atoms. The molecule has 2 N–H and O–H groups in total. The van der Waals surface area contributed by atoms with Gasteiger partial charge in [0.2, 0.25) is 5.92 Å². The molecule has 1 aromatic carbocycles. The van der Waals surface area contributed by atoms with E-state index in [-0.39, 0.29) is 12.4 Å². The minimum absolute atomic E-state index is 0.196. The van der Waals surface area contributed by atoms with E-state index in [0.29, 0.717) is 17.8 Å². The Labute approximate surface area is 196 Å². The lowest BCUT2D eigenvalue weighted by Crippen LogP contribution is -2.39. The fourth-order valence-corrected chi connectivity index (χ4v) is 4.97. The average Bonchev–Trinajstić information content (AvgIpc) is 3.48. The van der Waals surface area contributed by atoms with Crippen molar-refractivity contribution in [1.29, 1.82) is 0 Å². The summed E-state index contributed by atoms with van der Waals surface area (Å²) >= 11 is 0. The number of nitrogens with one attached hydrogen (secondary N) is 1. The molecule has 0 radical (unpaired) electrons. The van der Waals surface area contributed by atoms with Crippen LogP contribution in [0.25, 0.3) is 10.9 Å². The van der Waals surface area contributed by atoms with E-state index in [4.69, 9.17) is 9.40 Å². The molecule has 1 unspecified atom stereocenters. The van der Waals surface area contributed by atoms with Crippen LogP contribution in [0.4, 0.5) is 17.6 Å². The quantitative estimate of drug-likeness (QED) is 0.384. The first-order valence-corrected chi connectivity index (χ1v) is 11.3. The summed E-state index contributed by atoms with van der Waals surface area (Å²) in [6, 6.07) is 10.6. The number of aromatic amines is 1. The molecule has 11 heteroatoms. The smallest absolute Gasteiger partial charge is 0.283 e. The number of para-hydroxylation sites is 1. The van der Waals surface area contributed by atoms with Gasteiger partial charge in [0.25, 0.3) is 6.43 Å². The van der Waals surface area contributed by atoms with Gasteiger partial charge in [-0.1, -0.05) is 24.3 Å². The van der Waals surface area contributed by atoms with Crippen LogP contribution < -0.4 is 0 Å². The molecule has 0 saturated heterocycles. The number of oxazole rings is 1. The van der Waals surface area contributed by atoms with Crippen molar-refractivity contribution >= 4 is 10.9 Å². The summed E-state index contributed by atoms with van der Waals surface area (Å²) in [4.78, 5) is 17.7. The van der Waals surface area contributed by atoms with Gasteiger partial charge < -0.3 is 14.5 Å². The largest absolute Gasteiger partial charge is 0.441 e. The van der Waals surface area contributed by atoms with E-state index in [9.17, 15) is 22.7 Å². The molecule has 0 amide bonds. The second kappa shape index (κ2) is 8.13. The summed E-state index contributed by atoms with van der Waals surface area (Å²) in [6.45, 7) is 0.287. The molecule has 3 aromatic heterocycles. The van der Waals surface area contributed by atoms with Gasteiger partial charge in [-0.15, -0.1) is 0 Å². The molecule has 4 aromatic rings. The number of rotatable bonds is 5. The van der Waals surface area contributed by atoms with Crippen molar-refractivity contribution in [1.82, 2.24) is 24.8 Å². The standard InChI is InChI=1S/C24H21F4N5O2/c25-21(26)18-20(35-22(32-18)13-9-24(27,28)10-13)23(34)33-8-7-15-17(30-11-29-15)19(33)16-6-5-12-3-1-2-4-14(12)31-16/h1-6,11,13,19,21,23,34H,7-10H2,(H,29,30)/t19-,23?/m0/s1. The van der Waals surface area contributed by atoms with E-state index in [2.05, 4.69) is 15.0 Å². The number of fused-ring (bicyclic) bond motifs is 2. The summed E-state index contributed by atoms with van der Waals surface area (Å²) in [5, 5.41) is 12.2. The fraction of sp³-hybridized carbons (Fsp3) is 0.375. The number of nitrogens with zero attached hydrogens (tertiary/aromatic N) is 4. The first kappa shape index (κ1) is 22.2. The van der Waals surface area contributed by atoms with Crippen LogP contribution in [0.1, 0.15) is 71.9 Å². The maximum Gasteiger partial charge on any atom is 0.283 e. The molecule has 1 aliphatic carbocycles.